The van der Waals surface area contributed by atoms with Gasteiger partial charge in [0.15, 0.2) is 0 Å². The number of aromatic nitrogens is 1. The first-order valence-electron chi connectivity index (χ1n) is 7.22. The fourth-order valence-electron chi connectivity index (χ4n) is 2.03. The molecule has 1 unspecified atom stereocenters. The van der Waals surface area contributed by atoms with E-state index in [4.69, 9.17) is 4.74 Å². The highest BCUT2D eigenvalue weighted by molar-refractivity contribution is 9.10. The summed E-state index contributed by atoms with van der Waals surface area (Å²) in [4.78, 5) is 4.36. The molecule has 0 spiro atoms. The normalized spacial score (nSPS) is 12.3. The highest BCUT2D eigenvalue weighted by Gasteiger charge is 2.09. The topological polar surface area (TPSA) is 34.1 Å². The molecular formula is C16H21BrN2OS. The molecule has 1 N–H and O–H groups in total. The number of halogens is 1. The van der Waals surface area contributed by atoms with Crippen LogP contribution in [0.4, 0.5) is 0 Å². The van der Waals surface area contributed by atoms with Crippen LogP contribution in [0.15, 0.2) is 34.2 Å². The Hall–Kier alpha value is -0.910. The number of nitrogens with zero attached hydrogens (tertiary/aromatic N) is 1. The molecule has 0 aliphatic heterocycles. The second-order valence-corrected chi connectivity index (χ2v) is 6.84. The van der Waals surface area contributed by atoms with Crippen LogP contribution in [0.25, 0.3) is 0 Å². The molecule has 0 bridgehead atoms. The molecule has 3 nitrogen and oxygen atoms in total. The molecule has 1 heterocycles. The number of hydrogen-bond acceptors (Lipinski definition) is 4. The molecule has 1 aromatic heterocycles. The Morgan fingerprint density at radius 2 is 2.29 bits per heavy atom. The maximum absolute atomic E-state index is 5.80. The minimum Gasteiger partial charge on any atom is -0.493 e. The van der Waals surface area contributed by atoms with Crippen molar-refractivity contribution in [2.24, 2.45) is 0 Å². The van der Waals surface area contributed by atoms with Crippen LogP contribution in [-0.2, 0) is 6.54 Å². The first-order valence-corrected chi connectivity index (χ1v) is 8.89. The molecule has 5 heteroatoms. The molecule has 2 aromatic rings. The van der Waals surface area contributed by atoms with Gasteiger partial charge in [-0.3, -0.25) is 0 Å². The average molecular weight is 369 g/mol. The SMILES string of the molecule is CCCOc1ccc(Br)cc1CNCC(C)c1nccs1. The Bertz CT molecular complexity index is 545. The van der Waals surface area contributed by atoms with Crippen molar-refractivity contribution in [3.63, 3.8) is 0 Å². The summed E-state index contributed by atoms with van der Waals surface area (Å²) in [5.41, 5.74) is 1.18. The molecule has 2 rings (SSSR count). The fraction of sp³-hybridized carbons (Fsp3) is 0.438. The summed E-state index contributed by atoms with van der Waals surface area (Å²) < 4.78 is 6.88. The molecule has 0 radical (unpaired) electrons. The van der Waals surface area contributed by atoms with Gasteiger partial charge in [0.05, 0.1) is 11.6 Å². The van der Waals surface area contributed by atoms with Crippen LogP contribution in [-0.4, -0.2) is 18.1 Å². The minimum absolute atomic E-state index is 0.428. The van der Waals surface area contributed by atoms with Crippen LogP contribution in [0, 0.1) is 0 Å². The van der Waals surface area contributed by atoms with Crippen molar-refractivity contribution in [3.8, 4) is 5.75 Å². The molecule has 21 heavy (non-hydrogen) atoms. The van der Waals surface area contributed by atoms with Gasteiger partial charge >= 0.3 is 0 Å². The van der Waals surface area contributed by atoms with Crippen molar-refractivity contribution < 1.29 is 4.74 Å². The maximum Gasteiger partial charge on any atom is 0.123 e. The predicted octanol–water partition coefficient (Wildman–Crippen LogP) is 4.59. The van der Waals surface area contributed by atoms with Gasteiger partial charge in [0.25, 0.3) is 0 Å². The van der Waals surface area contributed by atoms with Crippen LogP contribution in [0.3, 0.4) is 0 Å². The zero-order valence-electron chi connectivity index (χ0n) is 12.4. The van der Waals surface area contributed by atoms with Gasteiger partial charge in [-0.25, -0.2) is 4.98 Å². The lowest BCUT2D eigenvalue weighted by molar-refractivity contribution is 0.313. The molecule has 0 fully saturated rings. The summed E-state index contributed by atoms with van der Waals surface area (Å²) >= 11 is 5.24. The smallest absolute Gasteiger partial charge is 0.123 e. The second-order valence-electron chi connectivity index (χ2n) is 5.00. The number of ether oxygens (including phenoxy) is 1. The Balaban J connectivity index is 1.91. The Kier molecular flexibility index (Phi) is 6.67. The zero-order chi connectivity index (χ0) is 15.1. The van der Waals surface area contributed by atoms with Crippen molar-refractivity contribution in [2.45, 2.75) is 32.7 Å². The van der Waals surface area contributed by atoms with Gasteiger partial charge in [0, 0.05) is 40.6 Å². The van der Waals surface area contributed by atoms with Crippen LogP contribution < -0.4 is 10.1 Å². The lowest BCUT2D eigenvalue weighted by Gasteiger charge is -2.14. The largest absolute Gasteiger partial charge is 0.493 e. The van der Waals surface area contributed by atoms with Crippen molar-refractivity contribution in [2.75, 3.05) is 13.2 Å². The van der Waals surface area contributed by atoms with E-state index in [1.807, 2.05) is 23.7 Å². The molecule has 0 saturated carbocycles. The summed E-state index contributed by atoms with van der Waals surface area (Å²) in [7, 11) is 0. The van der Waals surface area contributed by atoms with E-state index < -0.39 is 0 Å². The number of nitrogens with one attached hydrogen (secondary N) is 1. The zero-order valence-corrected chi connectivity index (χ0v) is 14.8. The number of rotatable bonds is 8. The molecule has 1 aromatic carbocycles. The molecule has 0 amide bonds. The molecule has 1 atom stereocenters. The standard InChI is InChI=1S/C16H21BrN2OS/c1-3-7-20-15-5-4-14(17)9-13(15)11-18-10-12(2)16-19-6-8-21-16/h4-6,8-9,12,18H,3,7,10-11H2,1-2H3. The van der Waals surface area contributed by atoms with Gasteiger partial charge in [-0.2, -0.15) is 0 Å². The highest BCUT2D eigenvalue weighted by Crippen LogP contribution is 2.24. The van der Waals surface area contributed by atoms with Crippen molar-refractivity contribution >= 4 is 27.3 Å². The van der Waals surface area contributed by atoms with Gasteiger partial charge in [-0.1, -0.05) is 29.8 Å². The number of benzene rings is 1. The fourth-order valence-corrected chi connectivity index (χ4v) is 3.13. The average Bonchev–Trinajstić information content (AvgIpc) is 3.00. The Morgan fingerprint density at radius 1 is 1.43 bits per heavy atom. The van der Waals surface area contributed by atoms with E-state index in [0.29, 0.717) is 5.92 Å². The maximum atomic E-state index is 5.80. The van der Waals surface area contributed by atoms with Crippen LogP contribution in [0.1, 0.15) is 36.8 Å². The van der Waals surface area contributed by atoms with Crippen molar-refractivity contribution in [1.29, 1.82) is 0 Å². The lowest BCUT2D eigenvalue weighted by Crippen LogP contribution is -2.20. The quantitative estimate of drug-likeness (QED) is 0.739. The third-order valence-corrected chi connectivity index (χ3v) is 4.62. The monoisotopic (exact) mass is 368 g/mol. The first kappa shape index (κ1) is 16.5. The number of hydrogen-bond donors (Lipinski definition) is 1. The van der Waals surface area contributed by atoms with Gasteiger partial charge in [0.2, 0.25) is 0 Å². The summed E-state index contributed by atoms with van der Waals surface area (Å²) in [6.45, 7) is 6.78. The van der Waals surface area contributed by atoms with E-state index in [1.165, 1.54) is 10.6 Å². The Labute approximate surface area is 138 Å². The molecule has 114 valence electrons. The third-order valence-electron chi connectivity index (χ3n) is 3.12. The summed E-state index contributed by atoms with van der Waals surface area (Å²) in [6, 6.07) is 6.17. The second kappa shape index (κ2) is 8.51. The van der Waals surface area contributed by atoms with Crippen molar-refractivity contribution in [1.82, 2.24) is 10.3 Å². The summed E-state index contributed by atoms with van der Waals surface area (Å²) in [5, 5.41) is 6.70. The third kappa shape index (κ3) is 5.09. The van der Waals surface area contributed by atoms with Gasteiger partial charge in [0.1, 0.15) is 5.75 Å². The minimum atomic E-state index is 0.428. The summed E-state index contributed by atoms with van der Waals surface area (Å²) in [5.74, 6) is 1.40. The first-order chi connectivity index (χ1) is 10.2. The van der Waals surface area contributed by atoms with E-state index in [2.05, 4.69) is 46.1 Å². The Morgan fingerprint density at radius 3 is 3.00 bits per heavy atom. The summed E-state index contributed by atoms with van der Waals surface area (Å²) in [6.07, 6.45) is 2.88. The van der Waals surface area contributed by atoms with E-state index in [9.17, 15) is 0 Å². The van der Waals surface area contributed by atoms with Crippen LogP contribution in [0.2, 0.25) is 0 Å². The number of thiazole rings is 1. The predicted molar refractivity (Wildman–Crippen MR) is 92.2 cm³/mol. The van der Waals surface area contributed by atoms with E-state index in [1.54, 1.807) is 11.3 Å². The van der Waals surface area contributed by atoms with Gasteiger partial charge in [-0.05, 0) is 24.6 Å². The lowest BCUT2D eigenvalue weighted by atomic mass is 10.1. The van der Waals surface area contributed by atoms with Crippen LogP contribution >= 0.6 is 27.3 Å². The van der Waals surface area contributed by atoms with E-state index in [-0.39, 0.29) is 0 Å². The molecule has 0 aliphatic carbocycles. The van der Waals surface area contributed by atoms with Crippen molar-refractivity contribution in [3.05, 3.63) is 44.8 Å². The van der Waals surface area contributed by atoms with Crippen LogP contribution in [0.5, 0.6) is 5.75 Å². The highest BCUT2D eigenvalue weighted by atomic mass is 79.9. The van der Waals surface area contributed by atoms with Gasteiger partial charge < -0.3 is 10.1 Å². The van der Waals surface area contributed by atoms with E-state index in [0.717, 1.165) is 36.3 Å². The molecule has 0 aliphatic rings. The molecule has 0 saturated heterocycles. The van der Waals surface area contributed by atoms with Gasteiger partial charge in [-0.15, -0.1) is 11.3 Å². The molecular weight excluding hydrogens is 348 g/mol. The van der Waals surface area contributed by atoms with E-state index >= 15 is 0 Å².